The molecule has 2 N–H and O–H groups in total. The van der Waals surface area contributed by atoms with Crippen molar-refractivity contribution in [2.75, 3.05) is 11.9 Å². The molecule has 5 nitrogen and oxygen atoms in total. The van der Waals surface area contributed by atoms with Crippen LogP contribution in [0.4, 0.5) is 5.82 Å². The smallest absolute Gasteiger partial charge is 0.272 e. The average molecular weight is 276 g/mol. The van der Waals surface area contributed by atoms with Crippen molar-refractivity contribution in [2.24, 2.45) is 5.92 Å². The van der Waals surface area contributed by atoms with E-state index in [1.54, 1.807) is 12.1 Å². The van der Waals surface area contributed by atoms with Crippen molar-refractivity contribution in [2.45, 2.75) is 52.0 Å². The molecule has 0 radical (unpaired) electrons. The molecule has 0 bridgehead atoms. The van der Waals surface area contributed by atoms with E-state index in [4.69, 9.17) is 0 Å². The number of anilines is 1. The van der Waals surface area contributed by atoms with Gasteiger partial charge in [-0.1, -0.05) is 19.8 Å². The Labute approximate surface area is 120 Å². The molecule has 1 aromatic rings. The van der Waals surface area contributed by atoms with Gasteiger partial charge in [-0.15, -0.1) is 10.2 Å². The highest BCUT2D eigenvalue weighted by Crippen LogP contribution is 2.22. The lowest BCUT2D eigenvalue weighted by Crippen LogP contribution is -2.35. The van der Waals surface area contributed by atoms with E-state index in [1.165, 1.54) is 19.3 Å². The Hall–Kier alpha value is -1.65. The van der Waals surface area contributed by atoms with Crippen LogP contribution in [0, 0.1) is 5.92 Å². The predicted molar refractivity (Wildman–Crippen MR) is 79.7 cm³/mol. The third-order valence-electron chi connectivity index (χ3n) is 3.85. The minimum Gasteiger partial charge on any atom is -0.369 e. The maximum Gasteiger partial charge on any atom is 0.272 e. The van der Waals surface area contributed by atoms with Crippen molar-refractivity contribution in [3.63, 3.8) is 0 Å². The predicted octanol–water partition coefficient (Wildman–Crippen LogP) is 2.61. The van der Waals surface area contributed by atoms with Crippen molar-refractivity contribution >= 4 is 11.7 Å². The minimum absolute atomic E-state index is 0.111. The molecule has 1 aliphatic carbocycles. The highest BCUT2D eigenvalue weighted by atomic mass is 16.2. The molecule has 2 rings (SSSR count). The fourth-order valence-electron chi connectivity index (χ4n) is 2.62. The zero-order valence-electron chi connectivity index (χ0n) is 12.4. The van der Waals surface area contributed by atoms with Crippen molar-refractivity contribution < 1.29 is 4.79 Å². The van der Waals surface area contributed by atoms with E-state index in [1.807, 2.05) is 6.92 Å². The van der Waals surface area contributed by atoms with Gasteiger partial charge in [-0.2, -0.15) is 0 Å². The molecule has 2 unspecified atom stereocenters. The molecule has 1 saturated carbocycles. The fraction of sp³-hybridized carbons (Fsp3) is 0.667. The molecular formula is C15H24N4O. The van der Waals surface area contributed by atoms with E-state index >= 15 is 0 Å². The van der Waals surface area contributed by atoms with Crippen LogP contribution in [-0.2, 0) is 0 Å². The molecule has 1 aromatic heterocycles. The van der Waals surface area contributed by atoms with E-state index in [0.29, 0.717) is 11.5 Å². The molecule has 1 heterocycles. The van der Waals surface area contributed by atoms with Gasteiger partial charge in [-0.3, -0.25) is 4.79 Å². The number of aromatic nitrogens is 2. The number of nitrogens with one attached hydrogen (secondary N) is 2. The largest absolute Gasteiger partial charge is 0.369 e. The van der Waals surface area contributed by atoms with E-state index in [-0.39, 0.29) is 11.9 Å². The first kappa shape index (κ1) is 14.8. The zero-order valence-corrected chi connectivity index (χ0v) is 12.4. The molecule has 1 amide bonds. The van der Waals surface area contributed by atoms with Crippen LogP contribution in [0.25, 0.3) is 0 Å². The second-order valence-corrected chi connectivity index (χ2v) is 5.62. The molecule has 0 aromatic carbocycles. The Balaban J connectivity index is 1.90. The second-order valence-electron chi connectivity index (χ2n) is 5.62. The van der Waals surface area contributed by atoms with Gasteiger partial charge < -0.3 is 10.6 Å². The van der Waals surface area contributed by atoms with Gasteiger partial charge in [-0.25, -0.2) is 0 Å². The number of amides is 1. The lowest BCUT2D eigenvalue weighted by atomic mass is 10.0. The van der Waals surface area contributed by atoms with Crippen molar-refractivity contribution in [3.8, 4) is 0 Å². The van der Waals surface area contributed by atoms with E-state index < -0.39 is 0 Å². The Bertz CT molecular complexity index is 432. The molecule has 1 aliphatic rings. The maximum absolute atomic E-state index is 12.1. The van der Waals surface area contributed by atoms with Crippen LogP contribution in [-0.4, -0.2) is 28.7 Å². The van der Waals surface area contributed by atoms with Crippen LogP contribution in [0.5, 0.6) is 0 Å². The molecule has 0 saturated heterocycles. The first-order valence-electron chi connectivity index (χ1n) is 7.57. The molecule has 20 heavy (non-hydrogen) atoms. The van der Waals surface area contributed by atoms with Crippen LogP contribution >= 0.6 is 0 Å². The lowest BCUT2D eigenvalue weighted by molar-refractivity contribution is 0.0927. The lowest BCUT2D eigenvalue weighted by Gasteiger charge is -2.15. The number of rotatable bonds is 4. The van der Waals surface area contributed by atoms with Crippen LogP contribution in [0.1, 0.15) is 56.4 Å². The molecule has 110 valence electrons. The van der Waals surface area contributed by atoms with Gasteiger partial charge in [0.2, 0.25) is 0 Å². The van der Waals surface area contributed by atoms with Gasteiger partial charge in [0, 0.05) is 12.6 Å². The Morgan fingerprint density at radius 3 is 2.80 bits per heavy atom. The topological polar surface area (TPSA) is 66.9 Å². The van der Waals surface area contributed by atoms with Gasteiger partial charge in [0.1, 0.15) is 5.82 Å². The third-order valence-corrected chi connectivity index (χ3v) is 3.85. The first-order valence-corrected chi connectivity index (χ1v) is 7.57. The van der Waals surface area contributed by atoms with Gasteiger partial charge in [0.15, 0.2) is 5.69 Å². The van der Waals surface area contributed by atoms with Crippen LogP contribution in [0.2, 0.25) is 0 Å². The highest BCUT2D eigenvalue weighted by molar-refractivity contribution is 5.92. The summed E-state index contributed by atoms with van der Waals surface area (Å²) in [6.45, 7) is 5.07. The molecule has 0 spiro atoms. The van der Waals surface area contributed by atoms with Crippen LogP contribution < -0.4 is 10.6 Å². The SMILES string of the molecule is CCNc1ccc(C(=O)NC2CCCC(C)CC2)nn1. The monoisotopic (exact) mass is 276 g/mol. The highest BCUT2D eigenvalue weighted by Gasteiger charge is 2.19. The van der Waals surface area contributed by atoms with Gasteiger partial charge >= 0.3 is 0 Å². The van der Waals surface area contributed by atoms with Crippen LogP contribution in [0.3, 0.4) is 0 Å². The molecule has 1 fully saturated rings. The normalized spacial score (nSPS) is 22.9. The summed E-state index contributed by atoms with van der Waals surface area (Å²) in [4.78, 5) is 12.1. The van der Waals surface area contributed by atoms with Gasteiger partial charge in [0.05, 0.1) is 0 Å². The Kier molecular flexibility index (Phi) is 5.32. The summed E-state index contributed by atoms with van der Waals surface area (Å²) in [7, 11) is 0. The summed E-state index contributed by atoms with van der Waals surface area (Å²) in [5, 5.41) is 14.1. The Morgan fingerprint density at radius 2 is 2.10 bits per heavy atom. The number of hydrogen-bond donors (Lipinski definition) is 2. The summed E-state index contributed by atoms with van der Waals surface area (Å²) in [6.07, 6.45) is 5.78. The average Bonchev–Trinajstić information content (AvgIpc) is 2.65. The van der Waals surface area contributed by atoms with Gasteiger partial charge in [0.25, 0.3) is 5.91 Å². The van der Waals surface area contributed by atoms with E-state index in [0.717, 1.165) is 25.3 Å². The summed E-state index contributed by atoms with van der Waals surface area (Å²) >= 11 is 0. The minimum atomic E-state index is -0.111. The molecule has 5 heteroatoms. The number of carbonyl (C=O) groups is 1. The number of carbonyl (C=O) groups excluding carboxylic acids is 1. The molecular weight excluding hydrogens is 252 g/mol. The quantitative estimate of drug-likeness (QED) is 0.830. The standard InChI is InChI=1S/C15H24N4O/c1-3-16-14-10-9-13(18-19-14)15(20)17-12-6-4-5-11(2)7-8-12/h9-12H,3-8H2,1-2H3,(H,16,19)(H,17,20). The zero-order chi connectivity index (χ0) is 14.4. The van der Waals surface area contributed by atoms with Crippen molar-refractivity contribution in [1.82, 2.24) is 15.5 Å². The van der Waals surface area contributed by atoms with Crippen molar-refractivity contribution in [3.05, 3.63) is 17.8 Å². The summed E-state index contributed by atoms with van der Waals surface area (Å²) in [5.74, 6) is 1.36. The van der Waals surface area contributed by atoms with E-state index in [2.05, 4.69) is 27.8 Å². The van der Waals surface area contributed by atoms with E-state index in [9.17, 15) is 4.79 Å². The molecule has 2 atom stereocenters. The van der Waals surface area contributed by atoms with Crippen LogP contribution in [0.15, 0.2) is 12.1 Å². The summed E-state index contributed by atoms with van der Waals surface area (Å²) < 4.78 is 0. The van der Waals surface area contributed by atoms with Gasteiger partial charge in [-0.05, 0) is 44.2 Å². The second kappa shape index (κ2) is 7.22. The number of hydrogen-bond acceptors (Lipinski definition) is 4. The number of nitrogens with zero attached hydrogens (tertiary/aromatic N) is 2. The van der Waals surface area contributed by atoms with Crippen molar-refractivity contribution in [1.29, 1.82) is 0 Å². The molecule has 0 aliphatic heterocycles. The summed E-state index contributed by atoms with van der Waals surface area (Å²) in [6, 6.07) is 3.79. The first-order chi connectivity index (χ1) is 9.69. The fourth-order valence-corrected chi connectivity index (χ4v) is 2.62. The Morgan fingerprint density at radius 1 is 1.25 bits per heavy atom. The third kappa shape index (κ3) is 4.18. The maximum atomic E-state index is 12.1. The summed E-state index contributed by atoms with van der Waals surface area (Å²) in [5.41, 5.74) is 0.393.